The molecule has 2 aromatic heterocycles. The molecule has 1 saturated heterocycles. The van der Waals surface area contributed by atoms with Crippen LogP contribution in [0.15, 0.2) is 55.1 Å². The molecule has 0 saturated carbocycles. The highest BCUT2D eigenvalue weighted by Crippen LogP contribution is 2.17. The zero-order valence-electron chi connectivity index (χ0n) is 15.6. The largest absolute Gasteiger partial charge is 0.352 e. The number of amides is 1. The van der Waals surface area contributed by atoms with Crippen LogP contribution in [0, 0.1) is 11.3 Å². The number of nitrogens with one attached hydrogen (secondary N) is 1. The van der Waals surface area contributed by atoms with Crippen LogP contribution < -0.4 is 15.1 Å². The molecule has 0 aliphatic carbocycles. The standard InChI is InChI=1S/C20H18N8O/c21-12-15-4-1-2-5-16(15)26-19(29)17-13-25-18(14-24-17)27-8-10-28(11-9-27)20-22-6-3-7-23-20/h1-7,13-14H,8-11H2,(H,26,29). The maximum Gasteiger partial charge on any atom is 0.275 e. The van der Waals surface area contributed by atoms with Crippen molar-refractivity contribution in [2.45, 2.75) is 0 Å². The monoisotopic (exact) mass is 386 g/mol. The third kappa shape index (κ3) is 4.11. The lowest BCUT2D eigenvalue weighted by molar-refractivity contribution is 0.102. The molecule has 144 valence electrons. The number of hydrogen-bond donors (Lipinski definition) is 1. The van der Waals surface area contributed by atoms with Crippen molar-refractivity contribution in [1.82, 2.24) is 19.9 Å². The minimum atomic E-state index is -0.405. The number of anilines is 3. The molecular weight excluding hydrogens is 368 g/mol. The minimum Gasteiger partial charge on any atom is -0.352 e. The van der Waals surface area contributed by atoms with Crippen LogP contribution in [0.2, 0.25) is 0 Å². The molecule has 29 heavy (non-hydrogen) atoms. The summed E-state index contributed by atoms with van der Waals surface area (Å²) in [5.74, 6) is 1.04. The van der Waals surface area contributed by atoms with E-state index in [0.29, 0.717) is 17.1 Å². The lowest BCUT2D eigenvalue weighted by Gasteiger charge is -2.35. The molecule has 1 aliphatic heterocycles. The molecule has 1 amide bonds. The Morgan fingerprint density at radius 2 is 1.66 bits per heavy atom. The Bertz CT molecular complexity index is 1020. The molecule has 1 N–H and O–H groups in total. The van der Waals surface area contributed by atoms with Crippen molar-refractivity contribution in [2.24, 2.45) is 0 Å². The summed E-state index contributed by atoms with van der Waals surface area (Å²) in [5.41, 5.74) is 1.04. The Morgan fingerprint density at radius 3 is 2.34 bits per heavy atom. The van der Waals surface area contributed by atoms with Crippen molar-refractivity contribution in [3.8, 4) is 6.07 Å². The first-order valence-corrected chi connectivity index (χ1v) is 9.14. The van der Waals surface area contributed by atoms with E-state index in [1.54, 1.807) is 48.9 Å². The number of para-hydroxylation sites is 1. The van der Waals surface area contributed by atoms with Gasteiger partial charge in [0.2, 0.25) is 5.95 Å². The molecule has 0 atom stereocenters. The zero-order chi connectivity index (χ0) is 20.1. The second-order valence-electron chi connectivity index (χ2n) is 6.39. The SMILES string of the molecule is N#Cc1ccccc1NC(=O)c1cnc(N2CCN(c3ncccn3)CC2)cn1. The molecule has 1 aromatic carbocycles. The quantitative estimate of drug-likeness (QED) is 0.721. The fraction of sp³-hybridized carbons (Fsp3) is 0.200. The molecule has 3 heterocycles. The highest BCUT2D eigenvalue weighted by molar-refractivity contribution is 6.03. The average Bonchev–Trinajstić information content (AvgIpc) is 2.80. The van der Waals surface area contributed by atoms with Gasteiger partial charge in [0.05, 0.1) is 23.6 Å². The molecule has 0 radical (unpaired) electrons. The number of carbonyl (C=O) groups is 1. The molecule has 4 rings (SSSR count). The first kappa shape index (κ1) is 18.3. The Hall–Kier alpha value is -4.06. The van der Waals surface area contributed by atoms with Crippen molar-refractivity contribution in [2.75, 3.05) is 41.3 Å². The molecular formula is C20H18N8O. The van der Waals surface area contributed by atoms with Gasteiger partial charge in [0.25, 0.3) is 5.91 Å². The Kier molecular flexibility index (Phi) is 5.25. The maximum atomic E-state index is 12.4. The minimum absolute atomic E-state index is 0.192. The van der Waals surface area contributed by atoms with Crippen LogP contribution in [0.25, 0.3) is 0 Å². The van der Waals surface area contributed by atoms with E-state index in [9.17, 15) is 4.79 Å². The fourth-order valence-corrected chi connectivity index (χ4v) is 3.07. The molecule has 0 bridgehead atoms. The van der Waals surface area contributed by atoms with E-state index in [1.165, 1.54) is 6.20 Å². The molecule has 9 heteroatoms. The van der Waals surface area contributed by atoms with Gasteiger partial charge in [-0.3, -0.25) is 4.79 Å². The van der Waals surface area contributed by atoms with Crippen LogP contribution in [0.1, 0.15) is 16.1 Å². The highest BCUT2D eigenvalue weighted by Gasteiger charge is 2.20. The summed E-state index contributed by atoms with van der Waals surface area (Å²) >= 11 is 0. The van der Waals surface area contributed by atoms with E-state index >= 15 is 0 Å². The summed E-state index contributed by atoms with van der Waals surface area (Å²) in [5, 5.41) is 11.8. The number of hydrogen-bond acceptors (Lipinski definition) is 8. The fourth-order valence-electron chi connectivity index (χ4n) is 3.07. The molecule has 9 nitrogen and oxygen atoms in total. The van der Waals surface area contributed by atoms with E-state index in [-0.39, 0.29) is 5.69 Å². The topological polar surface area (TPSA) is 111 Å². The van der Waals surface area contributed by atoms with Gasteiger partial charge < -0.3 is 15.1 Å². The normalized spacial score (nSPS) is 13.6. The predicted octanol–water partition coefficient (Wildman–Crippen LogP) is 1.72. The molecule has 1 fully saturated rings. The second-order valence-corrected chi connectivity index (χ2v) is 6.39. The van der Waals surface area contributed by atoms with Crippen molar-refractivity contribution in [3.05, 3.63) is 66.4 Å². The van der Waals surface area contributed by atoms with Gasteiger partial charge in [-0.05, 0) is 18.2 Å². The van der Waals surface area contributed by atoms with E-state index in [4.69, 9.17) is 5.26 Å². The van der Waals surface area contributed by atoms with Gasteiger partial charge in [-0.15, -0.1) is 0 Å². The zero-order valence-corrected chi connectivity index (χ0v) is 15.6. The Labute approximate surface area is 167 Å². The number of piperazine rings is 1. The predicted molar refractivity (Wildman–Crippen MR) is 108 cm³/mol. The van der Waals surface area contributed by atoms with Crippen molar-refractivity contribution >= 4 is 23.4 Å². The van der Waals surface area contributed by atoms with E-state index in [0.717, 1.165) is 32.1 Å². The molecule has 0 unspecified atom stereocenters. The molecule has 1 aliphatic rings. The summed E-state index contributed by atoms with van der Waals surface area (Å²) < 4.78 is 0. The van der Waals surface area contributed by atoms with Gasteiger partial charge in [0.1, 0.15) is 17.6 Å². The molecule has 0 spiro atoms. The Morgan fingerprint density at radius 1 is 0.931 bits per heavy atom. The summed E-state index contributed by atoms with van der Waals surface area (Å²) in [6.07, 6.45) is 6.52. The third-order valence-corrected chi connectivity index (χ3v) is 4.61. The average molecular weight is 386 g/mol. The third-order valence-electron chi connectivity index (χ3n) is 4.61. The lowest BCUT2D eigenvalue weighted by Crippen LogP contribution is -2.47. The smallest absolute Gasteiger partial charge is 0.275 e. The number of rotatable bonds is 4. The van der Waals surface area contributed by atoms with Crippen LogP contribution in [-0.4, -0.2) is 52.0 Å². The van der Waals surface area contributed by atoms with Crippen molar-refractivity contribution < 1.29 is 4.79 Å². The maximum absolute atomic E-state index is 12.4. The molecule has 3 aromatic rings. The van der Waals surface area contributed by atoms with Crippen LogP contribution >= 0.6 is 0 Å². The van der Waals surface area contributed by atoms with Crippen LogP contribution in [0.5, 0.6) is 0 Å². The Balaban J connectivity index is 1.38. The summed E-state index contributed by atoms with van der Waals surface area (Å²) in [6.45, 7) is 3.07. The van der Waals surface area contributed by atoms with Gasteiger partial charge in [-0.2, -0.15) is 5.26 Å². The second kappa shape index (κ2) is 8.31. The summed E-state index contributed by atoms with van der Waals surface area (Å²) in [6, 6.07) is 10.7. The number of benzene rings is 1. The number of nitrogens with zero attached hydrogens (tertiary/aromatic N) is 7. The van der Waals surface area contributed by atoms with E-state index < -0.39 is 5.91 Å². The van der Waals surface area contributed by atoms with Gasteiger partial charge in [-0.25, -0.2) is 19.9 Å². The van der Waals surface area contributed by atoms with E-state index in [2.05, 4.69) is 35.1 Å². The first-order valence-electron chi connectivity index (χ1n) is 9.14. The van der Waals surface area contributed by atoms with Gasteiger partial charge in [0, 0.05) is 38.6 Å². The number of aromatic nitrogens is 4. The van der Waals surface area contributed by atoms with Crippen molar-refractivity contribution in [1.29, 1.82) is 5.26 Å². The van der Waals surface area contributed by atoms with Crippen LogP contribution in [-0.2, 0) is 0 Å². The van der Waals surface area contributed by atoms with E-state index in [1.807, 2.05) is 6.07 Å². The van der Waals surface area contributed by atoms with Gasteiger partial charge in [-0.1, -0.05) is 12.1 Å². The van der Waals surface area contributed by atoms with Crippen LogP contribution in [0.4, 0.5) is 17.5 Å². The van der Waals surface area contributed by atoms with Crippen molar-refractivity contribution in [3.63, 3.8) is 0 Å². The lowest BCUT2D eigenvalue weighted by atomic mass is 10.2. The number of nitriles is 1. The number of carbonyl (C=O) groups excluding carboxylic acids is 1. The van der Waals surface area contributed by atoms with Gasteiger partial charge in [0.15, 0.2) is 0 Å². The first-order chi connectivity index (χ1) is 14.2. The summed E-state index contributed by atoms with van der Waals surface area (Å²) in [4.78, 5) is 33.8. The van der Waals surface area contributed by atoms with Crippen LogP contribution in [0.3, 0.4) is 0 Å². The van der Waals surface area contributed by atoms with Gasteiger partial charge >= 0.3 is 0 Å². The highest BCUT2D eigenvalue weighted by atomic mass is 16.1. The summed E-state index contributed by atoms with van der Waals surface area (Å²) in [7, 11) is 0.